The number of aliphatic hydroxyl groups excluding tert-OH is 1. The Labute approximate surface area is 86.7 Å². The van der Waals surface area contributed by atoms with Gasteiger partial charge in [-0.05, 0) is 12.5 Å². The molecule has 0 aromatic rings. The van der Waals surface area contributed by atoms with Crippen molar-refractivity contribution in [2.75, 3.05) is 13.2 Å². The van der Waals surface area contributed by atoms with E-state index in [2.05, 4.69) is 0 Å². The van der Waals surface area contributed by atoms with Crippen LogP contribution in [0.15, 0.2) is 11.1 Å². The minimum Gasteiger partial charge on any atom is -0.462 e. The SMILES string of the molecule is CC(O)C1C(=O)OCC2=C1CCOC2=O. The number of hydrogen-bond acceptors (Lipinski definition) is 5. The third-order valence-electron chi connectivity index (χ3n) is 2.71. The molecule has 0 aliphatic carbocycles. The summed E-state index contributed by atoms with van der Waals surface area (Å²) < 4.78 is 9.67. The number of esters is 2. The van der Waals surface area contributed by atoms with E-state index in [4.69, 9.17) is 9.47 Å². The van der Waals surface area contributed by atoms with Gasteiger partial charge in [-0.3, -0.25) is 4.79 Å². The van der Waals surface area contributed by atoms with Crippen molar-refractivity contribution in [2.45, 2.75) is 19.4 Å². The van der Waals surface area contributed by atoms with Gasteiger partial charge in [-0.2, -0.15) is 0 Å². The Kier molecular flexibility index (Phi) is 2.48. The lowest BCUT2D eigenvalue weighted by Crippen LogP contribution is -2.39. The average molecular weight is 212 g/mol. The molecule has 0 fully saturated rings. The number of carbonyl (C=O) groups excluding carboxylic acids is 2. The van der Waals surface area contributed by atoms with Crippen LogP contribution in [0.25, 0.3) is 0 Å². The minimum atomic E-state index is -0.839. The maximum atomic E-state index is 11.4. The molecule has 5 nitrogen and oxygen atoms in total. The van der Waals surface area contributed by atoms with Gasteiger partial charge in [-0.15, -0.1) is 0 Å². The number of hydrogen-bond donors (Lipinski definition) is 1. The van der Waals surface area contributed by atoms with Gasteiger partial charge >= 0.3 is 11.9 Å². The van der Waals surface area contributed by atoms with Crippen LogP contribution in [-0.4, -0.2) is 36.4 Å². The summed E-state index contributed by atoms with van der Waals surface area (Å²) in [6.45, 7) is 1.76. The molecule has 0 saturated heterocycles. The standard InChI is InChI=1S/C10H12O5/c1-5(11)8-6-2-3-14-9(12)7(6)4-15-10(8)13/h5,8,11H,2-4H2,1H3. The zero-order valence-electron chi connectivity index (χ0n) is 8.36. The Morgan fingerprint density at radius 3 is 2.80 bits per heavy atom. The molecule has 0 spiro atoms. The largest absolute Gasteiger partial charge is 0.462 e. The number of aliphatic hydroxyl groups is 1. The summed E-state index contributed by atoms with van der Waals surface area (Å²) in [6.07, 6.45) is -0.333. The van der Waals surface area contributed by atoms with Gasteiger partial charge in [0.1, 0.15) is 12.5 Å². The van der Waals surface area contributed by atoms with Crippen molar-refractivity contribution in [1.29, 1.82) is 0 Å². The molecule has 2 aliphatic rings. The zero-order valence-corrected chi connectivity index (χ0v) is 8.36. The van der Waals surface area contributed by atoms with Crippen molar-refractivity contribution in [1.82, 2.24) is 0 Å². The Hall–Kier alpha value is -1.36. The van der Waals surface area contributed by atoms with Crippen LogP contribution in [0.4, 0.5) is 0 Å². The molecular weight excluding hydrogens is 200 g/mol. The lowest BCUT2D eigenvalue weighted by molar-refractivity contribution is -0.154. The van der Waals surface area contributed by atoms with Crippen LogP contribution in [0, 0.1) is 5.92 Å². The average Bonchev–Trinajstić information content (AvgIpc) is 2.17. The van der Waals surface area contributed by atoms with Crippen LogP contribution in [0.3, 0.4) is 0 Å². The van der Waals surface area contributed by atoms with Crippen LogP contribution in [0.1, 0.15) is 13.3 Å². The lowest BCUT2D eigenvalue weighted by Gasteiger charge is -2.30. The van der Waals surface area contributed by atoms with E-state index in [1.165, 1.54) is 6.92 Å². The highest BCUT2D eigenvalue weighted by Gasteiger charge is 2.39. The molecular formula is C10H12O5. The molecule has 2 aliphatic heterocycles. The Morgan fingerprint density at radius 1 is 1.40 bits per heavy atom. The van der Waals surface area contributed by atoms with Gasteiger partial charge in [-0.1, -0.05) is 0 Å². The fourth-order valence-electron chi connectivity index (χ4n) is 1.98. The molecule has 0 radical (unpaired) electrons. The van der Waals surface area contributed by atoms with Crippen LogP contribution in [0.5, 0.6) is 0 Å². The monoisotopic (exact) mass is 212 g/mol. The Balaban J connectivity index is 2.40. The van der Waals surface area contributed by atoms with Crippen LogP contribution in [0.2, 0.25) is 0 Å². The number of cyclic esters (lactones) is 2. The predicted molar refractivity (Wildman–Crippen MR) is 48.7 cm³/mol. The van der Waals surface area contributed by atoms with Gasteiger partial charge < -0.3 is 14.6 Å². The maximum absolute atomic E-state index is 11.4. The molecule has 2 atom stereocenters. The third-order valence-corrected chi connectivity index (χ3v) is 2.71. The molecule has 82 valence electrons. The molecule has 0 amide bonds. The van der Waals surface area contributed by atoms with Crippen LogP contribution < -0.4 is 0 Å². The van der Waals surface area contributed by atoms with E-state index in [1.807, 2.05) is 0 Å². The van der Waals surface area contributed by atoms with E-state index in [0.29, 0.717) is 17.6 Å². The summed E-state index contributed by atoms with van der Waals surface area (Å²) in [5.41, 5.74) is 1.07. The van der Waals surface area contributed by atoms with Gasteiger partial charge in [-0.25, -0.2) is 4.79 Å². The topological polar surface area (TPSA) is 72.8 Å². The molecule has 2 rings (SSSR count). The first-order chi connectivity index (χ1) is 7.11. The summed E-state index contributed by atoms with van der Waals surface area (Å²) in [5, 5.41) is 9.49. The highest BCUT2D eigenvalue weighted by atomic mass is 16.6. The summed E-state index contributed by atoms with van der Waals surface area (Å²) in [6, 6.07) is 0. The lowest BCUT2D eigenvalue weighted by atomic mass is 9.85. The molecule has 0 aromatic heterocycles. The second kappa shape index (κ2) is 3.66. The second-order valence-corrected chi connectivity index (χ2v) is 3.72. The van der Waals surface area contributed by atoms with Gasteiger partial charge in [0, 0.05) is 6.42 Å². The van der Waals surface area contributed by atoms with E-state index in [-0.39, 0.29) is 13.2 Å². The summed E-state index contributed by atoms with van der Waals surface area (Å²) in [7, 11) is 0. The van der Waals surface area contributed by atoms with Crippen molar-refractivity contribution in [3.05, 3.63) is 11.1 Å². The van der Waals surface area contributed by atoms with Gasteiger partial charge in [0.05, 0.1) is 18.3 Å². The molecule has 0 aromatic carbocycles. The quantitative estimate of drug-likeness (QED) is 0.608. The maximum Gasteiger partial charge on any atom is 0.337 e. The van der Waals surface area contributed by atoms with E-state index < -0.39 is 24.0 Å². The fourth-order valence-corrected chi connectivity index (χ4v) is 1.98. The molecule has 0 saturated carbocycles. The van der Waals surface area contributed by atoms with Crippen LogP contribution in [-0.2, 0) is 19.1 Å². The van der Waals surface area contributed by atoms with Crippen molar-refractivity contribution in [2.24, 2.45) is 5.92 Å². The molecule has 5 heteroatoms. The highest BCUT2D eigenvalue weighted by molar-refractivity contribution is 5.94. The highest BCUT2D eigenvalue weighted by Crippen LogP contribution is 2.31. The van der Waals surface area contributed by atoms with Gasteiger partial charge in [0.15, 0.2) is 0 Å². The number of ether oxygens (including phenoxy) is 2. The van der Waals surface area contributed by atoms with Crippen molar-refractivity contribution < 1.29 is 24.2 Å². The van der Waals surface area contributed by atoms with E-state index >= 15 is 0 Å². The zero-order chi connectivity index (χ0) is 11.0. The van der Waals surface area contributed by atoms with Crippen molar-refractivity contribution >= 4 is 11.9 Å². The predicted octanol–water partition coefficient (Wildman–Crippen LogP) is -0.216. The summed E-state index contributed by atoms with van der Waals surface area (Å²) in [5.74, 6) is -1.60. The molecule has 2 heterocycles. The van der Waals surface area contributed by atoms with Crippen molar-refractivity contribution in [3.63, 3.8) is 0 Å². The summed E-state index contributed by atoms with van der Waals surface area (Å²) >= 11 is 0. The minimum absolute atomic E-state index is 0.0315. The third kappa shape index (κ3) is 1.63. The van der Waals surface area contributed by atoms with Crippen LogP contribution >= 0.6 is 0 Å². The second-order valence-electron chi connectivity index (χ2n) is 3.72. The van der Waals surface area contributed by atoms with E-state index in [1.54, 1.807) is 0 Å². The van der Waals surface area contributed by atoms with E-state index in [0.717, 1.165) is 0 Å². The summed E-state index contributed by atoms with van der Waals surface area (Å²) in [4.78, 5) is 22.8. The van der Waals surface area contributed by atoms with Gasteiger partial charge in [0.2, 0.25) is 0 Å². The van der Waals surface area contributed by atoms with Crippen molar-refractivity contribution in [3.8, 4) is 0 Å². The first kappa shape index (κ1) is 10.2. The Bertz CT molecular complexity index is 342. The molecule has 2 unspecified atom stereocenters. The fraction of sp³-hybridized carbons (Fsp3) is 0.600. The molecule has 1 N–H and O–H groups in total. The Morgan fingerprint density at radius 2 is 2.13 bits per heavy atom. The molecule has 15 heavy (non-hydrogen) atoms. The molecule has 0 bridgehead atoms. The van der Waals surface area contributed by atoms with E-state index in [9.17, 15) is 14.7 Å². The number of rotatable bonds is 1. The first-order valence-electron chi connectivity index (χ1n) is 4.85. The number of carbonyl (C=O) groups is 2. The first-order valence-corrected chi connectivity index (χ1v) is 4.85. The normalized spacial score (nSPS) is 28.0. The van der Waals surface area contributed by atoms with Gasteiger partial charge in [0.25, 0.3) is 0 Å². The smallest absolute Gasteiger partial charge is 0.337 e.